The maximum absolute atomic E-state index is 13.2. The minimum absolute atomic E-state index is 0.0235. The number of nitrogens with zero attached hydrogens (tertiary/aromatic N) is 1. The van der Waals surface area contributed by atoms with Crippen LogP contribution < -0.4 is 5.32 Å². The van der Waals surface area contributed by atoms with Crippen LogP contribution in [0.3, 0.4) is 0 Å². The molecule has 0 bridgehead atoms. The summed E-state index contributed by atoms with van der Waals surface area (Å²) in [5.41, 5.74) is 0.135. The minimum atomic E-state index is -1.19. The third kappa shape index (κ3) is 6.61. The number of aromatic nitrogens is 1. The largest absolute Gasteiger partial charge is 0.392 e. The molecule has 202 valence electrons. The van der Waals surface area contributed by atoms with Crippen molar-refractivity contribution in [1.29, 1.82) is 0 Å². The molecule has 2 saturated heterocycles. The van der Waals surface area contributed by atoms with Crippen LogP contribution >= 0.6 is 11.3 Å². The van der Waals surface area contributed by atoms with Crippen molar-refractivity contribution in [3.63, 3.8) is 0 Å². The van der Waals surface area contributed by atoms with Gasteiger partial charge in [-0.15, -0.1) is 11.3 Å². The van der Waals surface area contributed by atoms with E-state index in [-0.39, 0.29) is 48.4 Å². The molecule has 1 aromatic heterocycles. The van der Waals surface area contributed by atoms with Crippen LogP contribution in [0.5, 0.6) is 0 Å². The van der Waals surface area contributed by atoms with Crippen LogP contribution in [0.25, 0.3) is 6.08 Å². The first-order valence-corrected chi connectivity index (χ1v) is 13.8. The average molecular weight is 523 g/mol. The number of ether oxygens (including phenoxy) is 1. The zero-order valence-electron chi connectivity index (χ0n) is 22.3. The number of nitrogens with one attached hydrogen (secondary N) is 1. The summed E-state index contributed by atoms with van der Waals surface area (Å²) in [6.45, 7) is 10.8. The highest BCUT2D eigenvalue weighted by Crippen LogP contribution is 2.44. The second kappa shape index (κ2) is 11.4. The Kier molecular flexibility index (Phi) is 9.15. The van der Waals surface area contributed by atoms with Crippen LogP contribution in [-0.4, -0.2) is 61.9 Å². The lowest BCUT2D eigenvalue weighted by Gasteiger charge is -2.34. The number of thiazole rings is 1. The predicted molar refractivity (Wildman–Crippen MR) is 139 cm³/mol. The molecule has 2 aliphatic heterocycles. The summed E-state index contributed by atoms with van der Waals surface area (Å²) in [6.07, 6.45) is 2.67. The van der Waals surface area contributed by atoms with E-state index in [1.54, 1.807) is 20.8 Å². The number of amides is 1. The lowest BCUT2D eigenvalue weighted by molar-refractivity contribution is -0.143. The molecule has 3 rings (SSSR count). The highest BCUT2D eigenvalue weighted by molar-refractivity contribution is 7.09. The third-order valence-corrected chi connectivity index (χ3v) is 8.99. The number of carbonyl (C=O) groups excluding carboxylic acids is 2. The van der Waals surface area contributed by atoms with E-state index in [1.165, 1.54) is 11.3 Å². The molecule has 1 unspecified atom stereocenters. The van der Waals surface area contributed by atoms with Gasteiger partial charge < -0.3 is 25.4 Å². The van der Waals surface area contributed by atoms with Gasteiger partial charge in [0.05, 0.1) is 54.1 Å². The van der Waals surface area contributed by atoms with Gasteiger partial charge in [0.2, 0.25) is 5.91 Å². The summed E-state index contributed by atoms with van der Waals surface area (Å²) in [7, 11) is 0. The van der Waals surface area contributed by atoms with Crippen LogP contribution in [0.4, 0.5) is 0 Å². The number of epoxide rings is 1. The fraction of sp³-hybridized carbons (Fsp3) is 0.741. The van der Waals surface area contributed by atoms with Crippen LogP contribution in [0, 0.1) is 17.3 Å². The summed E-state index contributed by atoms with van der Waals surface area (Å²) >= 11 is 1.37. The van der Waals surface area contributed by atoms with Gasteiger partial charge in [0.25, 0.3) is 0 Å². The summed E-state index contributed by atoms with van der Waals surface area (Å²) in [6, 6.07) is -0.331. The van der Waals surface area contributed by atoms with E-state index in [1.807, 2.05) is 25.3 Å². The van der Waals surface area contributed by atoms with Crippen molar-refractivity contribution in [1.82, 2.24) is 10.3 Å². The molecule has 1 aromatic rings. The van der Waals surface area contributed by atoms with E-state index in [0.717, 1.165) is 30.5 Å². The van der Waals surface area contributed by atoms with E-state index < -0.39 is 23.5 Å². The van der Waals surface area contributed by atoms with E-state index in [0.29, 0.717) is 11.4 Å². The Labute approximate surface area is 218 Å². The Hall–Kier alpha value is -1.65. The lowest BCUT2D eigenvalue weighted by Crippen LogP contribution is -2.47. The Bertz CT molecular complexity index is 975. The van der Waals surface area contributed by atoms with Crippen molar-refractivity contribution in [2.75, 3.05) is 0 Å². The monoisotopic (exact) mass is 522 g/mol. The first-order valence-electron chi connectivity index (χ1n) is 12.9. The number of aliphatic hydroxyl groups is 3. The van der Waals surface area contributed by atoms with E-state index >= 15 is 0 Å². The Morgan fingerprint density at radius 1 is 1.28 bits per heavy atom. The molecule has 4 N–H and O–H groups in total. The summed E-state index contributed by atoms with van der Waals surface area (Å²) in [4.78, 5) is 30.7. The number of hydrogen-bond acceptors (Lipinski definition) is 8. The molecule has 8 nitrogen and oxygen atoms in total. The predicted octanol–water partition coefficient (Wildman–Crippen LogP) is 3.23. The minimum Gasteiger partial charge on any atom is -0.392 e. The van der Waals surface area contributed by atoms with Crippen molar-refractivity contribution < 1.29 is 29.6 Å². The Balaban J connectivity index is 1.85. The molecule has 0 spiro atoms. The quantitative estimate of drug-likeness (QED) is 0.448. The zero-order valence-corrected chi connectivity index (χ0v) is 23.1. The molecular formula is C27H42N2O6S. The van der Waals surface area contributed by atoms with Crippen molar-refractivity contribution in [2.45, 2.75) is 110 Å². The number of carbonyl (C=O) groups is 2. The number of aliphatic hydroxyl groups excluding tert-OH is 3. The average Bonchev–Trinajstić information content (AvgIpc) is 3.23. The second-order valence-corrected chi connectivity index (χ2v) is 12.4. The van der Waals surface area contributed by atoms with E-state index in [4.69, 9.17) is 4.74 Å². The van der Waals surface area contributed by atoms with E-state index in [2.05, 4.69) is 17.2 Å². The lowest BCUT2D eigenvalue weighted by atomic mass is 9.72. The summed E-state index contributed by atoms with van der Waals surface area (Å²) in [5.74, 6) is -1.33. The first-order chi connectivity index (χ1) is 16.8. The normalized spacial score (nSPS) is 36.8. The van der Waals surface area contributed by atoms with Crippen LogP contribution in [0.1, 0.15) is 84.3 Å². The van der Waals surface area contributed by atoms with Gasteiger partial charge in [0, 0.05) is 17.7 Å². The number of hydrogen-bond donors (Lipinski definition) is 4. The molecular weight excluding hydrogens is 480 g/mol. The molecule has 0 aliphatic carbocycles. The van der Waals surface area contributed by atoms with Gasteiger partial charge in [-0.2, -0.15) is 0 Å². The van der Waals surface area contributed by atoms with Crippen molar-refractivity contribution >= 4 is 29.1 Å². The zero-order chi connectivity index (χ0) is 26.8. The summed E-state index contributed by atoms with van der Waals surface area (Å²) in [5, 5.41) is 36.6. The molecule has 7 atom stereocenters. The fourth-order valence-electron chi connectivity index (χ4n) is 5.21. The standard InChI is InChI=1S/C27H42N2O6S/c1-15-8-7-9-27(6)21(35-27)11-19(16(2)10-18-14-36-23(13-30)28-18)29-22(32)12-20(31)26(4,5)25(34)17(3)24(15)33/h10,14-15,17,19-21,24,30-31,33H,7-9,11-13H2,1-6H3,(H,29,32)/b16-10+/t15-,17+,19-,20-,21-,24?,27+/m0/s1. The SMILES string of the molecule is C/C(=C\c1csc(CO)n1)[C@@H]1C[C@@H]2O[C@]2(C)CCC[C@H](C)C(O)[C@@H](C)C(=O)C(C)(C)[C@@H](O)CC(=O)N1. The van der Waals surface area contributed by atoms with Crippen molar-refractivity contribution in [3.8, 4) is 0 Å². The highest BCUT2D eigenvalue weighted by atomic mass is 32.1. The van der Waals surface area contributed by atoms with Crippen LogP contribution in [0.2, 0.25) is 0 Å². The van der Waals surface area contributed by atoms with Gasteiger partial charge in [0.1, 0.15) is 10.8 Å². The van der Waals surface area contributed by atoms with Gasteiger partial charge in [0.15, 0.2) is 0 Å². The number of Topliss-reactive ketones (excluding diaryl/α,β-unsaturated/α-hetero) is 1. The number of ketones is 1. The molecule has 3 heterocycles. The molecule has 0 radical (unpaired) electrons. The molecule has 2 fully saturated rings. The number of rotatable bonds is 3. The van der Waals surface area contributed by atoms with Gasteiger partial charge in [-0.25, -0.2) is 4.98 Å². The second-order valence-electron chi connectivity index (χ2n) is 11.4. The number of fused-ring (bicyclic) bond motifs is 1. The molecule has 0 saturated carbocycles. The molecule has 2 aliphatic rings. The Morgan fingerprint density at radius 3 is 2.61 bits per heavy atom. The fourth-order valence-corrected chi connectivity index (χ4v) is 5.82. The maximum atomic E-state index is 13.2. The van der Waals surface area contributed by atoms with Gasteiger partial charge in [-0.3, -0.25) is 9.59 Å². The molecule has 36 heavy (non-hydrogen) atoms. The van der Waals surface area contributed by atoms with Crippen LogP contribution in [0.15, 0.2) is 11.0 Å². The molecule has 0 aromatic carbocycles. The smallest absolute Gasteiger partial charge is 0.223 e. The van der Waals surface area contributed by atoms with Gasteiger partial charge in [-0.1, -0.05) is 34.1 Å². The molecule has 1 amide bonds. The van der Waals surface area contributed by atoms with Gasteiger partial charge in [-0.05, 0) is 44.3 Å². The van der Waals surface area contributed by atoms with Gasteiger partial charge >= 0.3 is 0 Å². The van der Waals surface area contributed by atoms with Crippen LogP contribution in [-0.2, 0) is 20.9 Å². The first kappa shape index (κ1) is 28.9. The van der Waals surface area contributed by atoms with Crippen molar-refractivity contribution in [2.24, 2.45) is 17.3 Å². The third-order valence-electron chi connectivity index (χ3n) is 8.14. The summed E-state index contributed by atoms with van der Waals surface area (Å²) < 4.78 is 6.08. The topological polar surface area (TPSA) is 132 Å². The van der Waals surface area contributed by atoms with Crippen molar-refractivity contribution in [3.05, 3.63) is 21.7 Å². The van der Waals surface area contributed by atoms with E-state index in [9.17, 15) is 24.9 Å². The maximum Gasteiger partial charge on any atom is 0.223 e. The molecule has 9 heteroatoms. The highest BCUT2D eigenvalue weighted by Gasteiger charge is 2.52. The Morgan fingerprint density at radius 2 is 1.97 bits per heavy atom.